The topological polar surface area (TPSA) is 79.0 Å². The number of methoxy groups -OCH3 is 1. The number of rotatable bonds is 6. The molecule has 3 amide bonds. The van der Waals surface area contributed by atoms with Gasteiger partial charge in [-0.3, -0.25) is 14.4 Å². The van der Waals surface area contributed by atoms with Gasteiger partial charge in [-0.25, -0.2) is 0 Å². The molecule has 1 aromatic carbocycles. The van der Waals surface area contributed by atoms with Crippen LogP contribution < -0.4 is 10.1 Å². The molecule has 2 aliphatic heterocycles. The molecule has 1 N–H and O–H groups in total. The molecule has 0 bridgehead atoms. The van der Waals surface area contributed by atoms with Crippen molar-refractivity contribution in [3.8, 4) is 5.75 Å². The van der Waals surface area contributed by atoms with Gasteiger partial charge in [0.15, 0.2) is 0 Å². The molecule has 1 unspecified atom stereocenters. The molecule has 1 aromatic rings. The first-order valence-electron chi connectivity index (χ1n) is 12.6. The second kappa shape index (κ2) is 11.0. The Bertz CT molecular complexity index is 838. The molecule has 7 nitrogen and oxygen atoms in total. The maximum absolute atomic E-state index is 13.5. The number of nitrogens with one attached hydrogen (secondary N) is 1. The Hall–Kier alpha value is -2.57. The van der Waals surface area contributed by atoms with Crippen LogP contribution >= 0.6 is 0 Å². The fourth-order valence-corrected chi connectivity index (χ4v) is 5.57. The summed E-state index contributed by atoms with van der Waals surface area (Å²) in [4.78, 5) is 43.4. The first-order chi connectivity index (χ1) is 16.1. The molecule has 0 spiro atoms. The first kappa shape index (κ1) is 23.6. The van der Waals surface area contributed by atoms with Crippen LogP contribution in [-0.2, 0) is 9.59 Å². The lowest BCUT2D eigenvalue weighted by molar-refractivity contribution is -0.138. The number of carbonyl (C=O) groups excluding carboxylic acids is 3. The Kier molecular flexibility index (Phi) is 7.89. The Morgan fingerprint density at radius 2 is 1.61 bits per heavy atom. The molecule has 1 saturated carbocycles. The molecule has 33 heavy (non-hydrogen) atoms. The number of piperidine rings is 2. The molecule has 1 aliphatic carbocycles. The van der Waals surface area contributed by atoms with Gasteiger partial charge >= 0.3 is 0 Å². The predicted octanol–water partition coefficient (Wildman–Crippen LogP) is 3.23. The zero-order valence-corrected chi connectivity index (χ0v) is 19.8. The number of carbonyl (C=O) groups is 3. The second-order valence-corrected chi connectivity index (χ2v) is 9.71. The van der Waals surface area contributed by atoms with E-state index >= 15 is 0 Å². The molecular formula is C26H37N3O4. The number of ether oxygens (including phenoxy) is 1. The molecule has 3 fully saturated rings. The minimum Gasteiger partial charge on any atom is -0.497 e. The van der Waals surface area contributed by atoms with Crippen LogP contribution in [0.25, 0.3) is 0 Å². The molecule has 2 heterocycles. The molecule has 3 aliphatic rings. The maximum atomic E-state index is 13.5. The predicted molar refractivity (Wildman–Crippen MR) is 126 cm³/mol. The largest absolute Gasteiger partial charge is 0.497 e. The van der Waals surface area contributed by atoms with Gasteiger partial charge in [0.05, 0.1) is 7.11 Å². The van der Waals surface area contributed by atoms with E-state index < -0.39 is 6.04 Å². The van der Waals surface area contributed by atoms with Crippen LogP contribution in [0.5, 0.6) is 5.75 Å². The standard InChI is InChI=1S/C26H37N3O4/c1-33-22-11-7-10-21(18-22)24(30)27-23(26(32)28-14-5-2-6-15-28)19-12-16-29(17-13-19)25(31)20-8-3-4-9-20/h7,10-11,18-20,23H,2-6,8-9,12-17H2,1H3,(H,27,30). The molecule has 0 radical (unpaired) electrons. The summed E-state index contributed by atoms with van der Waals surface area (Å²) in [5, 5.41) is 3.06. The molecule has 7 heteroatoms. The van der Waals surface area contributed by atoms with Crippen molar-refractivity contribution in [2.45, 2.75) is 63.8 Å². The van der Waals surface area contributed by atoms with E-state index in [1.165, 1.54) is 0 Å². The van der Waals surface area contributed by atoms with Crippen molar-refractivity contribution in [3.63, 3.8) is 0 Å². The summed E-state index contributed by atoms with van der Waals surface area (Å²) in [6.07, 6.45) is 8.95. The minimum absolute atomic E-state index is 0.0199. The van der Waals surface area contributed by atoms with Gasteiger partial charge in [-0.2, -0.15) is 0 Å². The molecule has 2 saturated heterocycles. The summed E-state index contributed by atoms with van der Waals surface area (Å²) in [5.74, 6) is 0.868. The number of hydrogen-bond acceptors (Lipinski definition) is 4. The Balaban J connectivity index is 1.45. The van der Waals surface area contributed by atoms with Gasteiger partial charge in [0, 0.05) is 37.7 Å². The van der Waals surface area contributed by atoms with Crippen molar-refractivity contribution in [2.75, 3.05) is 33.3 Å². The SMILES string of the molecule is COc1cccc(C(=O)NC(C(=O)N2CCCCC2)C2CCN(C(=O)C3CCCC3)CC2)c1. The van der Waals surface area contributed by atoms with Crippen molar-refractivity contribution in [1.82, 2.24) is 15.1 Å². The first-order valence-corrected chi connectivity index (χ1v) is 12.6. The highest BCUT2D eigenvalue weighted by Gasteiger charge is 2.37. The van der Waals surface area contributed by atoms with Gasteiger partial charge < -0.3 is 19.9 Å². The summed E-state index contributed by atoms with van der Waals surface area (Å²) in [6.45, 7) is 2.84. The average Bonchev–Trinajstić information content (AvgIpc) is 3.42. The summed E-state index contributed by atoms with van der Waals surface area (Å²) >= 11 is 0. The van der Waals surface area contributed by atoms with Gasteiger partial charge in [-0.1, -0.05) is 18.9 Å². The third kappa shape index (κ3) is 5.68. The zero-order chi connectivity index (χ0) is 23.2. The highest BCUT2D eigenvalue weighted by molar-refractivity contribution is 5.98. The monoisotopic (exact) mass is 455 g/mol. The second-order valence-electron chi connectivity index (χ2n) is 9.71. The van der Waals surface area contributed by atoms with Crippen LogP contribution in [0.2, 0.25) is 0 Å². The zero-order valence-electron chi connectivity index (χ0n) is 19.8. The summed E-state index contributed by atoms with van der Waals surface area (Å²) in [7, 11) is 1.57. The third-order valence-corrected chi connectivity index (χ3v) is 7.58. The quantitative estimate of drug-likeness (QED) is 0.714. The third-order valence-electron chi connectivity index (χ3n) is 7.58. The molecule has 4 rings (SSSR count). The summed E-state index contributed by atoms with van der Waals surface area (Å²) in [5.41, 5.74) is 0.486. The van der Waals surface area contributed by atoms with Crippen LogP contribution in [-0.4, -0.2) is 66.9 Å². The van der Waals surface area contributed by atoms with E-state index in [4.69, 9.17) is 4.74 Å². The molecule has 1 atom stereocenters. The van der Waals surface area contributed by atoms with Gasteiger partial charge in [0.2, 0.25) is 11.8 Å². The van der Waals surface area contributed by atoms with Gasteiger partial charge in [0.1, 0.15) is 11.8 Å². The number of amides is 3. The average molecular weight is 456 g/mol. The highest BCUT2D eigenvalue weighted by atomic mass is 16.5. The van der Waals surface area contributed by atoms with E-state index in [1.54, 1.807) is 31.4 Å². The van der Waals surface area contributed by atoms with Gasteiger partial charge in [-0.15, -0.1) is 0 Å². The fourth-order valence-electron chi connectivity index (χ4n) is 5.57. The van der Waals surface area contributed by atoms with E-state index in [9.17, 15) is 14.4 Å². The highest BCUT2D eigenvalue weighted by Crippen LogP contribution is 2.30. The summed E-state index contributed by atoms with van der Waals surface area (Å²) in [6, 6.07) is 6.45. The summed E-state index contributed by atoms with van der Waals surface area (Å²) < 4.78 is 5.25. The van der Waals surface area contributed by atoms with Crippen LogP contribution in [0, 0.1) is 11.8 Å². The number of likely N-dealkylation sites (tertiary alicyclic amines) is 2. The van der Waals surface area contributed by atoms with Crippen LogP contribution in [0.4, 0.5) is 0 Å². The smallest absolute Gasteiger partial charge is 0.252 e. The Labute approximate surface area is 196 Å². The van der Waals surface area contributed by atoms with Crippen molar-refractivity contribution in [2.24, 2.45) is 11.8 Å². The minimum atomic E-state index is -0.564. The number of benzene rings is 1. The van der Waals surface area contributed by atoms with Gasteiger partial charge in [-0.05, 0) is 69.1 Å². The Morgan fingerprint density at radius 3 is 2.27 bits per heavy atom. The lowest BCUT2D eigenvalue weighted by atomic mass is 9.87. The van der Waals surface area contributed by atoms with Crippen LogP contribution in [0.15, 0.2) is 24.3 Å². The molecular weight excluding hydrogens is 418 g/mol. The van der Waals surface area contributed by atoms with Crippen molar-refractivity contribution in [1.29, 1.82) is 0 Å². The number of hydrogen-bond donors (Lipinski definition) is 1. The maximum Gasteiger partial charge on any atom is 0.252 e. The van der Waals surface area contributed by atoms with E-state index in [1.807, 2.05) is 9.80 Å². The fraction of sp³-hybridized carbons (Fsp3) is 0.654. The van der Waals surface area contributed by atoms with Crippen molar-refractivity contribution < 1.29 is 19.1 Å². The van der Waals surface area contributed by atoms with Gasteiger partial charge in [0.25, 0.3) is 5.91 Å². The lowest BCUT2D eigenvalue weighted by Gasteiger charge is -2.39. The normalized spacial score (nSPS) is 21.0. The van der Waals surface area contributed by atoms with E-state index in [-0.39, 0.29) is 29.6 Å². The molecule has 180 valence electrons. The van der Waals surface area contributed by atoms with Crippen molar-refractivity contribution in [3.05, 3.63) is 29.8 Å². The molecule has 0 aromatic heterocycles. The van der Waals surface area contributed by atoms with Crippen LogP contribution in [0.3, 0.4) is 0 Å². The van der Waals surface area contributed by atoms with Crippen molar-refractivity contribution >= 4 is 17.7 Å². The van der Waals surface area contributed by atoms with E-state index in [0.717, 1.165) is 70.9 Å². The Morgan fingerprint density at radius 1 is 0.909 bits per heavy atom. The van der Waals surface area contributed by atoms with E-state index in [0.29, 0.717) is 24.4 Å². The van der Waals surface area contributed by atoms with E-state index in [2.05, 4.69) is 5.32 Å². The van der Waals surface area contributed by atoms with Crippen LogP contribution in [0.1, 0.15) is 68.1 Å². The number of nitrogens with zero attached hydrogens (tertiary/aromatic N) is 2. The lowest BCUT2D eigenvalue weighted by Crippen LogP contribution is -2.55.